The molecule has 0 radical (unpaired) electrons. The zero-order chi connectivity index (χ0) is 17.0. The van der Waals surface area contributed by atoms with E-state index in [0.29, 0.717) is 23.9 Å². The summed E-state index contributed by atoms with van der Waals surface area (Å²) >= 11 is 0. The Morgan fingerprint density at radius 1 is 1.09 bits per heavy atom. The molecule has 0 unspecified atom stereocenters. The van der Waals surface area contributed by atoms with Gasteiger partial charge in [0.25, 0.3) is 0 Å². The van der Waals surface area contributed by atoms with E-state index in [9.17, 15) is 18.4 Å². The molecule has 23 heavy (non-hydrogen) atoms. The minimum atomic E-state index is -3.58. The lowest BCUT2D eigenvalue weighted by Crippen LogP contribution is -2.32. The molecule has 1 N–H and O–H groups in total. The summed E-state index contributed by atoms with van der Waals surface area (Å²) in [4.78, 5) is 11.0. The average Bonchev–Trinajstić information content (AvgIpc) is 2.54. The molecule has 6 nitrogen and oxygen atoms in total. The van der Waals surface area contributed by atoms with E-state index in [0.717, 1.165) is 12.8 Å². The van der Waals surface area contributed by atoms with E-state index < -0.39 is 10.0 Å². The molecule has 124 valence electrons. The summed E-state index contributed by atoms with van der Waals surface area (Å²) in [6.07, 6.45) is 1.47. The van der Waals surface area contributed by atoms with Crippen LogP contribution in [0.2, 0.25) is 0 Å². The van der Waals surface area contributed by atoms with E-state index in [1.807, 2.05) is 13.8 Å². The molecule has 0 aromatic heterocycles. The minimum Gasteiger partial charge on any atom is -0.506 e. The Hall–Kier alpha value is -1.99. The second kappa shape index (κ2) is 7.06. The highest BCUT2D eigenvalue weighted by molar-refractivity contribution is 7.89. The summed E-state index contributed by atoms with van der Waals surface area (Å²) in [6.45, 7) is 4.79. The first-order chi connectivity index (χ1) is 11.0. The summed E-state index contributed by atoms with van der Waals surface area (Å²) in [5.74, 6) is -0.221. The fourth-order valence-corrected chi connectivity index (χ4v) is 4.20. The van der Waals surface area contributed by atoms with E-state index in [4.69, 9.17) is 0 Å². The van der Waals surface area contributed by atoms with Gasteiger partial charge >= 0.3 is 0 Å². The molecule has 0 saturated carbocycles. The van der Waals surface area contributed by atoms with Crippen molar-refractivity contribution in [3.05, 3.63) is 35.2 Å². The number of nitrogens with zero attached hydrogens (tertiary/aromatic N) is 2. The van der Waals surface area contributed by atoms with Crippen molar-refractivity contribution in [1.29, 1.82) is 0 Å². The van der Waals surface area contributed by atoms with Gasteiger partial charge in [0.1, 0.15) is 5.75 Å². The predicted molar refractivity (Wildman–Crippen MR) is 90.4 cm³/mol. The molecule has 0 fully saturated rings. The number of hydrogen-bond acceptors (Lipinski definition) is 5. The Labute approximate surface area is 135 Å². The molecule has 0 aliphatic rings. The Morgan fingerprint density at radius 2 is 1.74 bits per heavy atom. The minimum absolute atomic E-state index is 0.0783. The van der Waals surface area contributed by atoms with Gasteiger partial charge in [-0.3, -0.25) is 0 Å². The number of hydrogen-bond donors (Lipinski definition) is 1. The first-order valence-corrected chi connectivity index (χ1v) is 8.99. The summed E-state index contributed by atoms with van der Waals surface area (Å²) in [5.41, 5.74) is -0.0783. The number of phenols is 1. The Balaban J connectivity index is 2.55. The van der Waals surface area contributed by atoms with E-state index in [-0.39, 0.29) is 16.3 Å². The van der Waals surface area contributed by atoms with Crippen LogP contribution in [0.3, 0.4) is 0 Å². The van der Waals surface area contributed by atoms with Crippen molar-refractivity contribution in [2.45, 2.75) is 31.6 Å². The van der Waals surface area contributed by atoms with Gasteiger partial charge in [-0.15, -0.1) is 4.91 Å². The van der Waals surface area contributed by atoms with Gasteiger partial charge in [0.15, 0.2) is 5.69 Å². The quantitative estimate of drug-likeness (QED) is 0.780. The molecule has 2 aromatic carbocycles. The van der Waals surface area contributed by atoms with E-state index >= 15 is 0 Å². The lowest BCUT2D eigenvalue weighted by molar-refractivity contribution is 0.410. The molecule has 0 aliphatic heterocycles. The second-order valence-electron chi connectivity index (χ2n) is 5.31. The zero-order valence-corrected chi connectivity index (χ0v) is 14.0. The highest BCUT2D eigenvalue weighted by Gasteiger charge is 2.23. The van der Waals surface area contributed by atoms with Crippen molar-refractivity contribution in [3.63, 3.8) is 0 Å². The number of rotatable bonds is 7. The SMILES string of the molecule is CCCN(CCC)S(=O)(=O)c1ccc2c(N=O)c(O)ccc2c1. The molecule has 0 spiro atoms. The number of nitroso groups, excluding NO2 is 1. The molecule has 0 bridgehead atoms. The summed E-state index contributed by atoms with van der Waals surface area (Å²) in [6, 6.07) is 7.38. The van der Waals surface area contributed by atoms with Crippen molar-refractivity contribution in [3.8, 4) is 5.75 Å². The number of benzene rings is 2. The van der Waals surface area contributed by atoms with Gasteiger partial charge in [-0.25, -0.2) is 8.42 Å². The standard InChI is InChI=1S/C16H20N2O4S/c1-3-9-18(10-4-2)23(21,22)13-6-7-14-12(11-13)5-8-15(19)16(14)17-20/h5-8,11,19H,3-4,9-10H2,1-2H3. The van der Waals surface area contributed by atoms with Crippen molar-refractivity contribution in [2.75, 3.05) is 13.1 Å². The average molecular weight is 336 g/mol. The predicted octanol–water partition coefficient (Wildman–Crippen LogP) is 3.75. The number of aromatic hydroxyl groups is 1. The first-order valence-electron chi connectivity index (χ1n) is 7.55. The molecule has 0 amide bonds. The molecule has 2 rings (SSSR count). The fraction of sp³-hybridized carbons (Fsp3) is 0.375. The monoisotopic (exact) mass is 336 g/mol. The van der Waals surface area contributed by atoms with Crippen LogP contribution in [-0.4, -0.2) is 30.9 Å². The first kappa shape index (κ1) is 17.4. The van der Waals surface area contributed by atoms with Gasteiger partial charge in [0.05, 0.1) is 4.90 Å². The molecule has 0 aliphatic carbocycles. The molecular weight excluding hydrogens is 316 g/mol. The van der Waals surface area contributed by atoms with Crippen LogP contribution in [-0.2, 0) is 10.0 Å². The van der Waals surface area contributed by atoms with Gasteiger partial charge in [0, 0.05) is 18.5 Å². The Morgan fingerprint density at radius 3 is 2.30 bits per heavy atom. The third-order valence-corrected chi connectivity index (χ3v) is 5.51. The van der Waals surface area contributed by atoms with Gasteiger partial charge in [0.2, 0.25) is 10.0 Å². The van der Waals surface area contributed by atoms with Crippen molar-refractivity contribution >= 4 is 26.5 Å². The van der Waals surface area contributed by atoms with Crippen molar-refractivity contribution < 1.29 is 13.5 Å². The number of fused-ring (bicyclic) bond motifs is 1. The van der Waals surface area contributed by atoms with Crippen molar-refractivity contribution in [1.82, 2.24) is 4.31 Å². The van der Waals surface area contributed by atoms with Crippen LogP contribution >= 0.6 is 0 Å². The van der Waals surface area contributed by atoms with Crippen LogP contribution in [0.15, 0.2) is 40.4 Å². The normalized spacial score (nSPS) is 12.0. The lowest BCUT2D eigenvalue weighted by Gasteiger charge is -2.21. The van der Waals surface area contributed by atoms with Crippen LogP contribution in [0.5, 0.6) is 5.75 Å². The Kier molecular flexibility index (Phi) is 5.33. The Bertz CT molecular complexity index is 812. The third kappa shape index (κ3) is 3.35. The molecule has 7 heteroatoms. The van der Waals surface area contributed by atoms with Crippen LogP contribution in [0.25, 0.3) is 10.8 Å². The molecule has 0 heterocycles. The lowest BCUT2D eigenvalue weighted by atomic mass is 10.1. The third-order valence-electron chi connectivity index (χ3n) is 3.62. The fourth-order valence-electron chi connectivity index (χ4n) is 2.54. The number of sulfonamides is 1. The smallest absolute Gasteiger partial charge is 0.243 e. The van der Waals surface area contributed by atoms with Crippen LogP contribution in [0, 0.1) is 4.91 Å². The van der Waals surface area contributed by atoms with Crippen LogP contribution in [0.1, 0.15) is 26.7 Å². The maximum Gasteiger partial charge on any atom is 0.243 e. The van der Waals surface area contributed by atoms with E-state index in [2.05, 4.69) is 5.18 Å². The molecule has 0 saturated heterocycles. The highest BCUT2D eigenvalue weighted by Crippen LogP contribution is 2.36. The highest BCUT2D eigenvalue weighted by atomic mass is 32.2. The maximum atomic E-state index is 12.8. The van der Waals surface area contributed by atoms with Crippen molar-refractivity contribution in [2.24, 2.45) is 5.18 Å². The van der Waals surface area contributed by atoms with E-state index in [1.165, 1.54) is 28.6 Å². The maximum absolute atomic E-state index is 12.8. The van der Waals surface area contributed by atoms with Gasteiger partial charge < -0.3 is 5.11 Å². The zero-order valence-electron chi connectivity index (χ0n) is 13.2. The van der Waals surface area contributed by atoms with E-state index in [1.54, 1.807) is 6.07 Å². The molecule has 0 atom stereocenters. The van der Waals surface area contributed by atoms with Gasteiger partial charge in [-0.1, -0.05) is 26.0 Å². The summed E-state index contributed by atoms with van der Waals surface area (Å²) in [5, 5.41) is 13.4. The van der Waals surface area contributed by atoms with Gasteiger partial charge in [-0.05, 0) is 41.6 Å². The summed E-state index contributed by atoms with van der Waals surface area (Å²) in [7, 11) is -3.58. The van der Waals surface area contributed by atoms with Crippen LogP contribution in [0.4, 0.5) is 5.69 Å². The molecule has 2 aromatic rings. The topological polar surface area (TPSA) is 87.0 Å². The molecular formula is C16H20N2O4S. The summed E-state index contributed by atoms with van der Waals surface area (Å²) < 4.78 is 27.0. The largest absolute Gasteiger partial charge is 0.506 e. The van der Waals surface area contributed by atoms with Crippen LogP contribution < -0.4 is 0 Å². The number of phenolic OH excluding ortho intramolecular Hbond substituents is 1. The van der Waals surface area contributed by atoms with Gasteiger partial charge in [-0.2, -0.15) is 4.31 Å². The second-order valence-corrected chi connectivity index (χ2v) is 7.25.